The fourth-order valence-corrected chi connectivity index (χ4v) is 2.59. The van der Waals surface area contributed by atoms with E-state index in [1.807, 2.05) is 0 Å². The van der Waals surface area contributed by atoms with Gasteiger partial charge in [0.05, 0.1) is 0 Å². The van der Waals surface area contributed by atoms with Gasteiger partial charge < -0.3 is 15.0 Å². The molecule has 1 aliphatic heterocycles. The molecule has 1 aromatic carbocycles. The van der Waals surface area contributed by atoms with Crippen LogP contribution in [0.15, 0.2) is 18.2 Å². The lowest BCUT2D eigenvalue weighted by Gasteiger charge is -2.23. The topological polar surface area (TPSA) is 24.5 Å². The number of fused-ring (bicyclic) bond motifs is 1. The Morgan fingerprint density at radius 1 is 1.35 bits per heavy atom. The summed E-state index contributed by atoms with van der Waals surface area (Å²) in [5.74, 6) is 1.07. The smallest absolute Gasteiger partial charge is 0.123 e. The Morgan fingerprint density at radius 3 is 2.80 bits per heavy atom. The van der Waals surface area contributed by atoms with E-state index in [9.17, 15) is 0 Å². The molecule has 1 aliphatic rings. The zero-order chi connectivity index (χ0) is 14.8. The van der Waals surface area contributed by atoms with E-state index in [2.05, 4.69) is 63.2 Å². The summed E-state index contributed by atoms with van der Waals surface area (Å²) in [7, 11) is 2.18. The third-order valence-electron chi connectivity index (χ3n) is 3.56. The van der Waals surface area contributed by atoms with Crippen molar-refractivity contribution in [2.45, 2.75) is 52.3 Å². The number of hydrogen-bond acceptors (Lipinski definition) is 3. The Labute approximate surface area is 123 Å². The van der Waals surface area contributed by atoms with Crippen LogP contribution < -0.4 is 10.1 Å². The second-order valence-corrected chi connectivity index (χ2v) is 6.99. The van der Waals surface area contributed by atoms with Crippen LogP contribution in [-0.4, -0.2) is 36.7 Å². The molecule has 0 saturated heterocycles. The van der Waals surface area contributed by atoms with E-state index in [4.69, 9.17) is 4.74 Å². The molecule has 1 heterocycles. The molecule has 3 nitrogen and oxygen atoms in total. The highest BCUT2D eigenvalue weighted by Crippen LogP contribution is 2.29. The third kappa shape index (κ3) is 4.50. The maximum absolute atomic E-state index is 5.75. The van der Waals surface area contributed by atoms with E-state index in [1.54, 1.807) is 0 Å². The Balaban J connectivity index is 1.83. The number of nitrogens with one attached hydrogen (secondary N) is 1. The molecule has 0 aromatic heterocycles. The molecule has 0 saturated carbocycles. The van der Waals surface area contributed by atoms with Gasteiger partial charge in [-0.3, -0.25) is 0 Å². The van der Waals surface area contributed by atoms with Crippen molar-refractivity contribution < 1.29 is 4.74 Å². The summed E-state index contributed by atoms with van der Waals surface area (Å²) in [6.07, 6.45) is 1.37. The van der Waals surface area contributed by atoms with Gasteiger partial charge >= 0.3 is 0 Å². The average Bonchev–Trinajstić information content (AvgIpc) is 2.66. The molecule has 1 unspecified atom stereocenters. The molecule has 112 valence electrons. The summed E-state index contributed by atoms with van der Waals surface area (Å²) in [6, 6.07) is 6.60. The van der Waals surface area contributed by atoms with Gasteiger partial charge in [0.1, 0.15) is 11.9 Å². The first-order valence-corrected chi connectivity index (χ1v) is 7.55. The van der Waals surface area contributed by atoms with Crippen molar-refractivity contribution in [2.75, 3.05) is 20.1 Å². The summed E-state index contributed by atoms with van der Waals surface area (Å²) in [5.41, 5.74) is 2.93. The van der Waals surface area contributed by atoms with Crippen molar-refractivity contribution in [1.29, 1.82) is 0 Å². The standard InChI is InChI=1S/C17H28N2O/c1-13-10-15-11-14(6-7-16(15)20-13)12-19(5)9-8-18-17(2,3)4/h6-7,11,13,18H,8-10,12H2,1-5H3. The SMILES string of the molecule is CC1Cc2cc(CN(C)CCNC(C)(C)C)ccc2O1. The van der Waals surface area contributed by atoms with Gasteiger partial charge in [0.2, 0.25) is 0 Å². The van der Waals surface area contributed by atoms with Crippen LogP contribution in [0.25, 0.3) is 0 Å². The Hall–Kier alpha value is -1.06. The lowest BCUT2D eigenvalue weighted by atomic mass is 10.1. The summed E-state index contributed by atoms with van der Waals surface area (Å²) >= 11 is 0. The van der Waals surface area contributed by atoms with Gasteiger partial charge in [-0.1, -0.05) is 12.1 Å². The van der Waals surface area contributed by atoms with Gasteiger partial charge in [0.15, 0.2) is 0 Å². The van der Waals surface area contributed by atoms with Crippen LogP contribution in [0.2, 0.25) is 0 Å². The van der Waals surface area contributed by atoms with Crippen LogP contribution in [0, 0.1) is 0 Å². The normalized spacial score (nSPS) is 18.2. The van der Waals surface area contributed by atoms with E-state index < -0.39 is 0 Å². The Kier molecular flexibility index (Phi) is 4.71. The van der Waals surface area contributed by atoms with E-state index >= 15 is 0 Å². The van der Waals surface area contributed by atoms with Gasteiger partial charge in [-0.2, -0.15) is 0 Å². The summed E-state index contributed by atoms with van der Waals surface area (Å²) in [4.78, 5) is 2.36. The Morgan fingerprint density at radius 2 is 2.10 bits per heavy atom. The number of ether oxygens (including phenoxy) is 1. The largest absolute Gasteiger partial charge is 0.490 e. The molecule has 1 N–H and O–H groups in total. The Bertz CT molecular complexity index is 451. The average molecular weight is 276 g/mol. The molecular weight excluding hydrogens is 248 g/mol. The van der Waals surface area contributed by atoms with E-state index in [0.29, 0.717) is 6.10 Å². The first-order chi connectivity index (χ1) is 9.33. The van der Waals surface area contributed by atoms with E-state index in [-0.39, 0.29) is 5.54 Å². The van der Waals surface area contributed by atoms with E-state index in [1.165, 1.54) is 11.1 Å². The predicted molar refractivity (Wildman–Crippen MR) is 84.3 cm³/mol. The molecular formula is C17H28N2O. The van der Waals surface area contributed by atoms with E-state index in [0.717, 1.165) is 31.8 Å². The van der Waals surface area contributed by atoms with Crippen LogP contribution in [0.3, 0.4) is 0 Å². The van der Waals surface area contributed by atoms with Gasteiger partial charge in [-0.15, -0.1) is 0 Å². The van der Waals surface area contributed by atoms with Crippen LogP contribution in [0.1, 0.15) is 38.8 Å². The van der Waals surface area contributed by atoms with Gasteiger partial charge in [-0.05, 0) is 51.9 Å². The molecule has 0 radical (unpaired) electrons. The molecule has 0 fully saturated rings. The second-order valence-electron chi connectivity index (χ2n) is 6.99. The number of nitrogens with zero attached hydrogens (tertiary/aromatic N) is 1. The summed E-state index contributed by atoms with van der Waals surface area (Å²) < 4.78 is 5.75. The molecule has 0 bridgehead atoms. The molecule has 0 aliphatic carbocycles. The number of hydrogen-bond donors (Lipinski definition) is 1. The quantitative estimate of drug-likeness (QED) is 0.895. The van der Waals surface area contributed by atoms with Crippen molar-refractivity contribution in [1.82, 2.24) is 10.2 Å². The monoisotopic (exact) mass is 276 g/mol. The molecule has 3 heteroatoms. The summed E-state index contributed by atoms with van der Waals surface area (Å²) in [5, 5.41) is 3.52. The van der Waals surface area contributed by atoms with Gasteiger partial charge in [0.25, 0.3) is 0 Å². The number of benzene rings is 1. The van der Waals surface area contributed by atoms with Crippen molar-refractivity contribution in [3.63, 3.8) is 0 Å². The number of rotatable bonds is 5. The fourth-order valence-electron chi connectivity index (χ4n) is 2.59. The van der Waals surface area contributed by atoms with Crippen molar-refractivity contribution >= 4 is 0 Å². The van der Waals surface area contributed by atoms with Crippen LogP contribution in [0.5, 0.6) is 5.75 Å². The number of likely N-dealkylation sites (N-methyl/N-ethyl adjacent to an activating group) is 1. The molecule has 20 heavy (non-hydrogen) atoms. The first kappa shape index (κ1) is 15.3. The minimum atomic E-state index is 0.196. The minimum Gasteiger partial charge on any atom is -0.490 e. The second kappa shape index (κ2) is 6.15. The third-order valence-corrected chi connectivity index (χ3v) is 3.56. The molecule has 1 aromatic rings. The highest BCUT2D eigenvalue weighted by Gasteiger charge is 2.19. The molecule has 1 atom stereocenters. The predicted octanol–water partition coefficient (Wildman–Crippen LogP) is 2.83. The zero-order valence-electron chi connectivity index (χ0n) is 13.5. The highest BCUT2D eigenvalue weighted by molar-refractivity contribution is 5.40. The molecule has 0 amide bonds. The van der Waals surface area contributed by atoms with Crippen LogP contribution >= 0.6 is 0 Å². The van der Waals surface area contributed by atoms with Gasteiger partial charge in [0, 0.05) is 31.6 Å². The maximum Gasteiger partial charge on any atom is 0.123 e. The molecule has 0 spiro atoms. The first-order valence-electron chi connectivity index (χ1n) is 7.55. The molecule has 2 rings (SSSR count). The van der Waals surface area contributed by atoms with Crippen molar-refractivity contribution in [3.8, 4) is 5.75 Å². The lowest BCUT2D eigenvalue weighted by Crippen LogP contribution is -2.40. The zero-order valence-corrected chi connectivity index (χ0v) is 13.5. The fraction of sp³-hybridized carbons (Fsp3) is 0.647. The van der Waals surface area contributed by atoms with Crippen LogP contribution in [-0.2, 0) is 13.0 Å². The highest BCUT2D eigenvalue weighted by atomic mass is 16.5. The maximum atomic E-state index is 5.75. The minimum absolute atomic E-state index is 0.196. The summed E-state index contributed by atoms with van der Waals surface area (Å²) in [6.45, 7) is 11.8. The van der Waals surface area contributed by atoms with Crippen molar-refractivity contribution in [3.05, 3.63) is 29.3 Å². The van der Waals surface area contributed by atoms with Crippen molar-refractivity contribution in [2.24, 2.45) is 0 Å². The van der Waals surface area contributed by atoms with Crippen LogP contribution in [0.4, 0.5) is 0 Å². The van der Waals surface area contributed by atoms with Gasteiger partial charge in [-0.25, -0.2) is 0 Å². The lowest BCUT2D eigenvalue weighted by molar-refractivity contribution is 0.254.